The fourth-order valence-corrected chi connectivity index (χ4v) is 8.93. The van der Waals surface area contributed by atoms with Crippen molar-refractivity contribution in [3.8, 4) is 10.4 Å². The molecule has 0 aliphatic carbocycles. The van der Waals surface area contributed by atoms with Crippen molar-refractivity contribution in [3.63, 3.8) is 0 Å². The highest BCUT2D eigenvalue weighted by Crippen LogP contribution is 2.37. The number of halogens is 3. The fourth-order valence-electron chi connectivity index (χ4n) is 6.67. The van der Waals surface area contributed by atoms with E-state index in [-0.39, 0.29) is 48.9 Å². The van der Waals surface area contributed by atoms with Gasteiger partial charge in [-0.15, -0.1) is 22.7 Å². The van der Waals surface area contributed by atoms with Crippen LogP contribution in [-0.2, 0) is 23.4 Å². The van der Waals surface area contributed by atoms with Crippen LogP contribution in [0.1, 0.15) is 65.6 Å². The number of rotatable bonds is 6. The Morgan fingerprint density at radius 1 is 0.683 bits per heavy atom. The average Bonchev–Trinajstić information content (AvgIpc) is 4.06. The van der Waals surface area contributed by atoms with Gasteiger partial charge in [0.25, 0.3) is 11.8 Å². The highest BCUT2D eigenvalue weighted by Gasteiger charge is 2.52. The summed E-state index contributed by atoms with van der Waals surface area (Å²) in [5, 5.41) is 15.9. The molecule has 1 aliphatic rings. The summed E-state index contributed by atoms with van der Waals surface area (Å²) >= 11 is 5.95. The number of amides is 2. The van der Waals surface area contributed by atoms with Gasteiger partial charge >= 0.3 is 7.12 Å². The molecule has 63 heavy (non-hydrogen) atoms. The third kappa shape index (κ3) is 10.3. The number of carbonyl (C=O) groups is 2. The Balaban J connectivity index is 0.000000161. The van der Waals surface area contributed by atoms with Gasteiger partial charge in [0.1, 0.15) is 11.6 Å². The van der Waals surface area contributed by atoms with Gasteiger partial charge in [0.2, 0.25) is 0 Å². The monoisotopic (exact) mass is 952 g/mol. The lowest BCUT2D eigenvalue weighted by molar-refractivity contribution is 0.00578. The molecule has 8 aromatic rings. The second-order valence-electron chi connectivity index (χ2n) is 15.8. The number of nitrogens with zero attached hydrogens (tertiary/aromatic N) is 4. The molecule has 5 heterocycles. The molecule has 1 fully saturated rings. The van der Waals surface area contributed by atoms with Crippen molar-refractivity contribution in [1.29, 1.82) is 0 Å². The van der Waals surface area contributed by atoms with Crippen LogP contribution in [-0.4, -0.2) is 49.7 Å². The van der Waals surface area contributed by atoms with Gasteiger partial charge in [0.05, 0.1) is 59.5 Å². The smallest absolute Gasteiger partial charge is 0.399 e. The van der Waals surface area contributed by atoms with Crippen molar-refractivity contribution in [3.05, 3.63) is 146 Å². The first-order valence-electron chi connectivity index (χ1n) is 19.6. The quantitative estimate of drug-likeness (QED) is 0.161. The lowest BCUT2D eigenvalue weighted by Crippen LogP contribution is -2.41. The molecule has 0 unspecified atom stereocenters. The Morgan fingerprint density at radius 2 is 1.16 bits per heavy atom. The first kappa shape index (κ1) is 47.0. The van der Waals surface area contributed by atoms with Crippen molar-refractivity contribution < 1.29 is 27.7 Å². The number of fused-ring (bicyclic) bond motifs is 2. The number of anilines is 2. The lowest BCUT2D eigenvalue weighted by Gasteiger charge is -2.32. The normalized spacial score (nSPS) is 13.7. The maximum absolute atomic E-state index is 13.7. The molecule has 16 heteroatoms. The number of para-hydroxylation sites is 2. The zero-order valence-electron chi connectivity index (χ0n) is 35.3. The Hall–Kier alpha value is -5.52. The molecule has 2 N–H and O–H groups in total. The van der Waals surface area contributed by atoms with E-state index in [0.717, 1.165) is 47.1 Å². The van der Waals surface area contributed by atoms with Crippen molar-refractivity contribution in [2.45, 2.75) is 60.2 Å². The molecule has 0 saturated carbocycles. The van der Waals surface area contributed by atoms with Crippen molar-refractivity contribution in [2.24, 2.45) is 14.1 Å². The Labute approximate surface area is 382 Å². The van der Waals surface area contributed by atoms with Crippen LogP contribution in [0.4, 0.5) is 20.2 Å². The molecule has 4 aromatic heterocycles. The Kier molecular flexibility index (Phi) is 14.2. The predicted molar refractivity (Wildman–Crippen MR) is 257 cm³/mol. The molecular weight excluding hydrogens is 905 g/mol. The van der Waals surface area contributed by atoms with Gasteiger partial charge in [0, 0.05) is 29.7 Å². The topological polar surface area (TPSA) is 112 Å². The number of aromatic nitrogens is 4. The molecule has 326 valence electrons. The number of aryl methyl sites for hydroxylation is 4. The van der Waals surface area contributed by atoms with E-state index in [4.69, 9.17) is 9.31 Å². The summed E-state index contributed by atoms with van der Waals surface area (Å²) in [5.41, 5.74) is 6.32. The van der Waals surface area contributed by atoms with Gasteiger partial charge in [-0.25, -0.2) is 8.78 Å². The van der Waals surface area contributed by atoms with Crippen LogP contribution in [0.3, 0.4) is 0 Å². The third-order valence-corrected chi connectivity index (χ3v) is 13.6. The summed E-state index contributed by atoms with van der Waals surface area (Å²) in [6, 6.07) is 27.8. The molecule has 0 atom stereocenters. The summed E-state index contributed by atoms with van der Waals surface area (Å²) in [4.78, 5) is 26.2. The summed E-state index contributed by atoms with van der Waals surface area (Å²) in [6.45, 7) is 12.4. The van der Waals surface area contributed by atoms with E-state index in [2.05, 4.69) is 95.6 Å². The second kappa shape index (κ2) is 19.1. The number of hydrogen-bond acceptors (Lipinski definition) is 8. The SMILES string of the molecule is C.Cc1cc2cnn(C)c2cc1-c1ccc(C(=O)Nc2ccccc2F)s1.Cc1cc2cnn(C)c2cc1B1OC(C)(C)C(C)(C)O1.O=C(Nc1ccccc1F)c1ccc(Br)s1. The molecule has 1 aliphatic heterocycles. The van der Waals surface area contributed by atoms with Gasteiger partial charge in [-0.3, -0.25) is 19.0 Å². The highest BCUT2D eigenvalue weighted by molar-refractivity contribution is 9.11. The standard InChI is InChI=1S/C20H16FN3OS.C15H21BN2O2.C11H7BrFNOS.CH4/c1-12-9-13-11-22-24(2)17(13)10-14(12)18-7-8-19(26-18)20(25)23-16-6-4-3-5-15(16)21;1-10-7-11-9-17-18(6)13(11)8-12(10)16-19-14(2,3)15(4,5)20-16;12-10-6-5-9(16-10)11(15)14-8-4-2-1-3-7(8)13;/h3-11H,1-2H3,(H,23,25);7-9H,1-6H3;1-6H,(H,14,15);1H4. The van der Waals surface area contributed by atoms with E-state index in [1.807, 2.05) is 48.8 Å². The second-order valence-corrected chi connectivity index (χ2v) is 19.3. The summed E-state index contributed by atoms with van der Waals surface area (Å²) in [7, 11) is 3.54. The minimum absolute atomic E-state index is 0. The number of thiophene rings is 2. The molecule has 1 saturated heterocycles. The maximum atomic E-state index is 13.7. The maximum Gasteiger partial charge on any atom is 0.495 e. The molecule has 2 amide bonds. The van der Waals surface area contributed by atoms with Crippen LogP contribution in [0.25, 0.3) is 32.2 Å². The van der Waals surface area contributed by atoms with Gasteiger partial charge in [-0.1, -0.05) is 37.3 Å². The molecule has 9 rings (SSSR count). The minimum atomic E-state index is -0.449. The number of carbonyl (C=O) groups excluding carboxylic acids is 2. The number of benzene rings is 4. The van der Waals surface area contributed by atoms with E-state index < -0.39 is 11.6 Å². The first-order chi connectivity index (χ1) is 29.4. The predicted octanol–water partition coefficient (Wildman–Crippen LogP) is 11.7. The van der Waals surface area contributed by atoms with Crippen LogP contribution < -0.4 is 16.1 Å². The summed E-state index contributed by atoms with van der Waals surface area (Å²) in [5.74, 6) is -1.51. The van der Waals surface area contributed by atoms with Crippen LogP contribution >= 0.6 is 38.6 Å². The van der Waals surface area contributed by atoms with E-state index in [9.17, 15) is 18.4 Å². The van der Waals surface area contributed by atoms with Crippen molar-refractivity contribution in [2.75, 3.05) is 10.6 Å². The van der Waals surface area contributed by atoms with Crippen LogP contribution in [0.2, 0.25) is 0 Å². The number of nitrogens with one attached hydrogen (secondary N) is 2. The van der Waals surface area contributed by atoms with E-state index in [0.29, 0.717) is 9.75 Å². The van der Waals surface area contributed by atoms with Crippen LogP contribution in [0.5, 0.6) is 0 Å². The van der Waals surface area contributed by atoms with Crippen molar-refractivity contribution in [1.82, 2.24) is 19.6 Å². The lowest BCUT2D eigenvalue weighted by atomic mass is 9.76. The first-order valence-corrected chi connectivity index (χ1v) is 22.0. The Morgan fingerprint density at radius 3 is 1.67 bits per heavy atom. The summed E-state index contributed by atoms with van der Waals surface area (Å²) < 4.78 is 43.8. The van der Waals surface area contributed by atoms with Gasteiger partial charge in [-0.2, -0.15) is 10.2 Å². The van der Waals surface area contributed by atoms with Gasteiger partial charge < -0.3 is 19.9 Å². The molecular formula is C47H48BBrF2N6O4S2. The third-order valence-electron chi connectivity index (χ3n) is 10.9. The number of hydrogen-bond donors (Lipinski definition) is 2. The zero-order chi connectivity index (χ0) is 44.5. The van der Waals surface area contributed by atoms with Gasteiger partial charge in [-0.05, 0) is 147 Å². The molecule has 0 radical (unpaired) electrons. The summed E-state index contributed by atoms with van der Waals surface area (Å²) in [6.07, 6.45) is 3.73. The van der Waals surface area contributed by atoms with E-state index in [1.54, 1.807) is 48.5 Å². The van der Waals surface area contributed by atoms with Crippen LogP contribution in [0.15, 0.2) is 113 Å². The molecule has 10 nitrogen and oxygen atoms in total. The highest BCUT2D eigenvalue weighted by atomic mass is 79.9. The molecule has 0 spiro atoms. The van der Waals surface area contributed by atoms with E-state index in [1.165, 1.54) is 46.4 Å². The molecule has 4 aromatic carbocycles. The van der Waals surface area contributed by atoms with E-state index >= 15 is 0 Å². The molecule has 0 bridgehead atoms. The fraction of sp³-hybridized carbons (Fsp3) is 0.234. The van der Waals surface area contributed by atoms with Crippen LogP contribution in [0, 0.1) is 25.5 Å². The average molecular weight is 954 g/mol. The minimum Gasteiger partial charge on any atom is -0.399 e. The zero-order valence-corrected chi connectivity index (χ0v) is 38.6. The van der Waals surface area contributed by atoms with Gasteiger partial charge in [0.15, 0.2) is 0 Å². The largest absolute Gasteiger partial charge is 0.495 e. The Bertz CT molecular complexity index is 2930. The van der Waals surface area contributed by atoms with Crippen molar-refractivity contribution >= 4 is 96.2 Å².